The summed E-state index contributed by atoms with van der Waals surface area (Å²) in [5.41, 5.74) is 0.777. The van der Waals surface area contributed by atoms with Gasteiger partial charge in [-0.1, -0.05) is 30.3 Å². The third-order valence-electron chi connectivity index (χ3n) is 2.18. The highest BCUT2D eigenvalue weighted by molar-refractivity contribution is 6.30. The molecule has 0 bridgehead atoms. The number of carbonyl (C=O) groups excluding carboxylic acids is 1. The molecule has 3 nitrogen and oxygen atoms in total. The van der Waals surface area contributed by atoms with E-state index in [1.165, 1.54) is 0 Å². The van der Waals surface area contributed by atoms with E-state index in [1.807, 2.05) is 30.3 Å². The van der Waals surface area contributed by atoms with E-state index in [1.54, 1.807) is 6.92 Å². The third-order valence-corrected chi connectivity index (χ3v) is 2.63. The summed E-state index contributed by atoms with van der Waals surface area (Å²) in [5, 5.41) is 11.0. The Hall–Kier alpha value is -1.06. The standard InChI is InChI=1S/C12H16ClNO2/c1-9(15)7-8-14-12(16)11(13)10-5-3-2-4-6-10/h2-6,9,11,15H,7-8H2,1H3,(H,14,16). The lowest BCUT2D eigenvalue weighted by molar-refractivity contribution is -0.120. The maximum atomic E-state index is 11.6. The van der Waals surface area contributed by atoms with Crippen molar-refractivity contribution in [3.8, 4) is 0 Å². The second-order valence-corrected chi connectivity index (χ2v) is 4.14. The monoisotopic (exact) mass is 241 g/mol. The Kier molecular flexibility index (Phi) is 5.29. The van der Waals surface area contributed by atoms with Crippen LogP contribution in [-0.4, -0.2) is 23.7 Å². The van der Waals surface area contributed by atoms with Crippen LogP contribution < -0.4 is 5.32 Å². The van der Waals surface area contributed by atoms with Crippen LogP contribution in [0.25, 0.3) is 0 Å². The average molecular weight is 242 g/mol. The van der Waals surface area contributed by atoms with Gasteiger partial charge >= 0.3 is 0 Å². The molecule has 2 N–H and O–H groups in total. The molecule has 0 heterocycles. The second-order valence-electron chi connectivity index (χ2n) is 3.70. The van der Waals surface area contributed by atoms with Crippen LogP contribution in [0.3, 0.4) is 0 Å². The van der Waals surface area contributed by atoms with Crippen LogP contribution in [0.4, 0.5) is 0 Å². The van der Waals surface area contributed by atoms with Gasteiger partial charge < -0.3 is 10.4 Å². The number of aliphatic hydroxyl groups excluding tert-OH is 1. The molecule has 1 aromatic rings. The molecule has 1 rings (SSSR count). The summed E-state index contributed by atoms with van der Waals surface area (Å²) in [6, 6.07) is 9.18. The number of nitrogens with one attached hydrogen (secondary N) is 1. The number of alkyl halides is 1. The van der Waals surface area contributed by atoms with Gasteiger partial charge in [-0.2, -0.15) is 0 Å². The van der Waals surface area contributed by atoms with Gasteiger partial charge in [0, 0.05) is 6.54 Å². The summed E-state index contributed by atoms with van der Waals surface area (Å²) >= 11 is 6.00. The van der Waals surface area contributed by atoms with Crippen molar-refractivity contribution in [2.75, 3.05) is 6.54 Å². The molecule has 16 heavy (non-hydrogen) atoms. The molecule has 0 spiro atoms. The van der Waals surface area contributed by atoms with Crippen LogP contribution in [0.1, 0.15) is 24.3 Å². The van der Waals surface area contributed by atoms with E-state index >= 15 is 0 Å². The number of hydrogen-bond donors (Lipinski definition) is 2. The molecule has 88 valence electrons. The zero-order valence-corrected chi connectivity index (χ0v) is 9.95. The highest BCUT2D eigenvalue weighted by atomic mass is 35.5. The van der Waals surface area contributed by atoms with Crippen molar-refractivity contribution in [3.63, 3.8) is 0 Å². The molecule has 0 fully saturated rings. The van der Waals surface area contributed by atoms with Gasteiger partial charge in [0.1, 0.15) is 5.38 Å². The molecular formula is C12H16ClNO2. The summed E-state index contributed by atoms with van der Waals surface area (Å²) in [5.74, 6) is -0.228. The van der Waals surface area contributed by atoms with Gasteiger partial charge in [-0.3, -0.25) is 4.79 Å². The molecule has 0 saturated heterocycles. The van der Waals surface area contributed by atoms with Crippen molar-refractivity contribution in [1.29, 1.82) is 0 Å². The first-order valence-corrected chi connectivity index (χ1v) is 5.69. The normalized spacial score (nSPS) is 14.2. The lowest BCUT2D eigenvalue weighted by Gasteiger charge is -2.11. The van der Waals surface area contributed by atoms with Gasteiger partial charge in [0.25, 0.3) is 0 Å². The van der Waals surface area contributed by atoms with E-state index in [-0.39, 0.29) is 5.91 Å². The lowest BCUT2D eigenvalue weighted by Crippen LogP contribution is -2.29. The van der Waals surface area contributed by atoms with E-state index in [0.717, 1.165) is 5.56 Å². The van der Waals surface area contributed by atoms with E-state index < -0.39 is 11.5 Å². The van der Waals surface area contributed by atoms with Gasteiger partial charge in [0.15, 0.2) is 0 Å². The van der Waals surface area contributed by atoms with Gasteiger partial charge in [0.05, 0.1) is 6.10 Å². The molecule has 1 amide bonds. The Morgan fingerprint density at radius 1 is 1.44 bits per heavy atom. The first kappa shape index (κ1) is 13.0. The van der Waals surface area contributed by atoms with Gasteiger partial charge in [-0.05, 0) is 18.9 Å². The largest absolute Gasteiger partial charge is 0.393 e. The Morgan fingerprint density at radius 2 is 2.06 bits per heavy atom. The summed E-state index contributed by atoms with van der Waals surface area (Å²) in [6.45, 7) is 2.12. The van der Waals surface area contributed by atoms with Crippen LogP contribution in [0.2, 0.25) is 0 Å². The Balaban J connectivity index is 2.43. The number of amides is 1. The summed E-state index contributed by atoms with van der Waals surface area (Å²) in [4.78, 5) is 11.6. The molecule has 0 radical (unpaired) electrons. The highest BCUT2D eigenvalue weighted by Gasteiger charge is 2.16. The number of carbonyl (C=O) groups is 1. The van der Waals surface area contributed by atoms with Crippen LogP contribution >= 0.6 is 11.6 Å². The lowest BCUT2D eigenvalue weighted by atomic mass is 10.1. The van der Waals surface area contributed by atoms with Crippen molar-refractivity contribution in [1.82, 2.24) is 5.32 Å². The van der Waals surface area contributed by atoms with Crippen molar-refractivity contribution in [3.05, 3.63) is 35.9 Å². The Morgan fingerprint density at radius 3 is 2.62 bits per heavy atom. The van der Waals surface area contributed by atoms with Crippen LogP contribution in [0.5, 0.6) is 0 Å². The predicted molar refractivity (Wildman–Crippen MR) is 64.3 cm³/mol. The minimum absolute atomic E-state index is 0.228. The first-order valence-electron chi connectivity index (χ1n) is 5.26. The summed E-state index contributed by atoms with van der Waals surface area (Å²) in [7, 11) is 0. The number of rotatable bonds is 5. The quantitative estimate of drug-likeness (QED) is 0.773. The first-order chi connectivity index (χ1) is 7.61. The fourth-order valence-corrected chi connectivity index (χ4v) is 1.49. The molecule has 0 aliphatic rings. The maximum Gasteiger partial charge on any atom is 0.242 e. The maximum absolute atomic E-state index is 11.6. The van der Waals surface area contributed by atoms with Crippen molar-refractivity contribution in [2.45, 2.75) is 24.8 Å². The third kappa shape index (κ3) is 4.21. The van der Waals surface area contributed by atoms with E-state index in [4.69, 9.17) is 16.7 Å². The molecule has 0 aliphatic carbocycles. The van der Waals surface area contributed by atoms with Gasteiger partial charge in [-0.25, -0.2) is 0 Å². The van der Waals surface area contributed by atoms with Crippen molar-refractivity contribution >= 4 is 17.5 Å². The molecule has 2 unspecified atom stereocenters. The zero-order valence-electron chi connectivity index (χ0n) is 9.19. The molecule has 2 atom stereocenters. The molecule has 0 saturated carbocycles. The molecule has 4 heteroatoms. The van der Waals surface area contributed by atoms with E-state index in [9.17, 15) is 4.79 Å². The fourth-order valence-electron chi connectivity index (χ4n) is 1.27. The van der Waals surface area contributed by atoms with Gasteiger partial charge in [0.2, 0.25) is 5.91 Å². The number of hydrogen-bond acceptors (Lipinski definition) is 2. The number of aliphatic hydroxyl groups is 1. The molecule has 0 aliphatic heterocycles. The predicted octanol–water partition coefficient (Wildman–Crippen LogP) is 1.85. The molecule has 0 aromatic heterocycles. The molecule has 1 aromatic carbocycles. The smallest absolute Gasteiger partial charge is 0.242 e. The topological polar surface area (TPSA) is 49.3 Å². The zero-order chi connectivity index (χ0) is 12.0. The van der Waals surface area contributed by atoms with Gasteiger partial charge in [-0.15, -0.1) is 11.6 Å². The second kappa shape index (κ2) is 6.51. The minimum Gasteiger partial charge on any atom is -0.393 e. The Bertz CT molecular complexity index is 327. The van der Waals surface area contributed by atoms with E-state index in [2.05, 4.69) is 5.32 Å². The van der Waals surface area contributed by atoms with Crippen LogP contribution in [0.15, 0.2) is 30.3 Å². The summed E-state index contributed by atoms with van der Waals surface area (Å²) < 4.78 is 0. The number of benzene rings is 1. The number of halogens is 1. The average Bonchev–Trinajstić information content (AvgIpc) is 2.28. The minimum atomic E-state index is -0.671. The highest BCUT2D eigenvalue weighted by Crippen LogP contribution is 2.19. The Labute approximate surface area is 100 Å². The molecular weight excluding hydrogens is 226 g/mol. The van der Waals surface area contributed by atoms with E-state index in [0.29, 0.717) is 13.0 Å². The fraction of sp³-hybridized carbons (Fsp3) is 0.417. The van der Waals surface area contributed by atoms with Crippen LogP contribution in [0, 0.1) is 0 Å². The van der Waals surface area contributed by atoms with Crippen molar-refractivity contribution < 1.29 is 9.90 Å². The SMILES string of the molecule is CC(O)CCNC(=O)C(Cl)c1ccccc1. The van der Waals surface area contributed by atoms with Crippen LogP contribution in [-0.2, 0) is 4.79 Å². The van der Waals surface area contributed by atoms with Crippen molar-refractivity contribution in [2.24, 2.45) is 0 Å². The summed E-state index contributed by atoms with van der Waals surface area (Å²) in [6.07, 6.45) is 0.121.